The third kappa shape index (κ3) is 2.76. The Morgan fingerprint density at radius 2 is 2.16 bits per heavy atom. The smallest absolute Gasteiger partial charge is 0.272 e. The van der Waals surface area contributed by atoms with Crippen LogP contribution >= 0.6 is 0 Å². The molecule has 0 aromatic carbocycles. The molecule has 5 heteroatoms. The number of nitrogens with zero attached hydrogens (tertiary/aromatic N) is 2. The average Bonchev–Trinajstić information content (AvgIpc) is 2.74. The van der Waals surface area contributed by atoms with Crippen LogP contribution in [-0.2, 0) is 6.54 Å². The highest BCUT2D eigenvalue weighted by molar-refractivity contribution is 6.04. The summed E-state index contributed by atoms with van der Waals surface area (Å²) in [5.74, 6) is -0.174. The summed E-state index contributed by atoms with van der Waals surface area (Å²) in [5, 5.41) is 2.86. The number of nitrogens with one attached hydrogen (secondary N) is 1. The molecule has 0 aliphatic heterocycles. The van der Waals surface area contributed by atoms with Crippen molar-refractivity contribution in [1.29, 1.82) is 0 Å². The molecule has 2 aromatic heterocycles. The van der Waals surface area contributed by atoms with Crippen molar-refractivity contribution in [2.45, 2.75) is 27.3 Å². The lowest BCUT2D eigenvalue weighted by Gasteiger charge is -2.09. The molecule has 2 aromatic rings. The molecule has 0 radical (unpaired) electrons. The van der Waals surface area contributed by atoms with Crippen LogP contribution in [0, 0.1) is 13.8 Å². The molecule has 0 aliphatic rings. The van der Waals surface area contributed by atoms with Crippen molar-refractivity contribution in [3.63, 3.8) is 0 Å². The Hall–Kier alpha value is -2.30. The molecule has 2 rings (SSSR count). The second-order valence-corrected chi connectivity index (χ2v) is 4.48. The van der Waals surface area contributed by atoms with E-state index in [4.69, 9.17) is 5.73 Å². The fourth-order valence-corrected chi connectivity index (χ4v) is 1.99. The monoisotopic (exact) mass is 258 g/mol. The van der Waals surface area contributed by atoms with Crippen LogP contribution in [0.5, 0.6) is 0 Å². The lowest BCUT2D eigenvalue weighted by molar-refractivity contribution is 0.101. The number of hydrogen-bond acceptors (Lipinski definition) is 3. The molecular formula is C14H18N4O. The van der Waals surface area contributed by atoms with Crippen LogP contribution in [0.2, 0.25) is 0 Å². The lowest BCUT2D eigenvalue weighted by Crippen LogP contribution is -2.17. The molecule has 1 amide bonds. The number of nitrogen functional groups attached to an aromatic ring is 1. The number of aromatic nitrogens is 2. The third-order valence-electron chi connectivity index (χ3n) is 2.96. The Kier molecular flexibility index (Phi) is 3.55. The van der Waals surface area contributed by atoms with E-state index in [0.717, 1.165) is 17.1 Å². The molecule has 3 N–H and O–H groups in total. The van der Waals surface area contributed by atoms with Gasteiger partial charge in [-0.2, -0.15) is 0 Å². The van der Waals surface area contributed by atoms with Crippen molar-refractivity contribution in [1.82, 2.24) is 9.55 Å². The number of rotatable bonds is 3. The summed E-state index contributed by atoms with van der Waals surface area (Å²) in [6.45, 7) is 6.46. The average molecular weight is 258 g/mol. The van der Waals surface area contributed by atoms with E-state index < -0.39 is 0 Å². The minimum Gasteiger partial charge on any atom is -0.397 e. The molecule has 0 fully saturated rings. The maximum absolute atomic E-state index is 12.2. The standard InChI is InChI=1S/C14H18N4O/c1-4-18-8-11(15)7-13(18)14(19)17-12-6-5-9(2)16-10(12)3/h5-8H,4,15H2,1-3H3,(H,17,19). The van der Waals surface area contributed by atoms with Gasteiger partial charge in [-0.1, -0.05) is 0 Å². The summed E-state index contributed by atoms with van der Waals surface area (Å²) >= 11 is 0. The van der Waals surface area contributed by atoms with Gasteiger partial charge in [0, 0.05) is 18.4 Å². The van der Waals surface area contributed by atoms with E-state index >= 15 is 0 Å². The zero-order chi connectivity index (χ0) is 14.0. The first kappa shape index (κ1) is 13.1. The first-order valence-corrected chi connectivity index (χ1v) is 6.22. The molecule has 0 unspecified atom stereocenters. The predicted molar refractivity (Wildman–Crippen MR) is 76.2 cm³/mol. The Labute approximate surface area is 112 Å². The largest absolute Gasteiger partial charge is 0.397 e. The number of aryl methyl sites for hydroxylation is 3. The van der Waals surface area contributed by atoms with Crippen LogP contribution in [0.25, 0.3) is 0 Å². The van der Waals surface area contributed by atoms with Gasteiger partial charge >= 0.3 is 0 Å². The molecule has 0 spiro atoms. The fourth-order valence-electron chi connectivity index (χ4n) is 1.99. The van der Waals surface area contributed by atoms with E-state index in [1.165, 1.54) is 0 Å². The van der Waals surface area contributed by atoms with Crippen molar-refractivity contribution >= 4 is 17.3 Å². The van der Waals surface area contributed by atoms with E-state index in [1.54, 1.807) is 12.3 Å². The van der Waals surface area contributed by atoms with E-state index in [0.29, 0.717) is 17.9 Å². The lowest BCUT2D eigenvalue weighted by atomic mass is 10.2. The van der Waals surface area contributed by atoms with Gasteiger partial charge in [-0.25, -0.2) is 0 Å². The minimum absolute atomic E-state index is 0.174. The quantitative estimate of drug-likeness (QED) is 0.887. The van der Waals surface area contributed by atoms with Gasteiger partial charge in [0.2, 0.25) is 0 Å². The fraction of sp³-hybridized carbons (Fsp3) is 0.286. The number of carbonyl (C=O) groups excluding carboxylic acids is 1. The Morgan fingerprint density at radius 3 is 2.79 bits per heavy atom. The summed E-state index contributed by atoms with van der Waals surface area (Å²) in [4.78, 5) is 16.6. The van der Waals surface area contributed by atoms with Crippen molar-refractivity contribution in [3.05, 3.63) is 41.5 Å². The first-order valence-electron chi connectivity index (χ1n) is 6.22. The molecule has 0 saturated carbocycles. The maximum Gasteiger partial charge on any atom is 0.272 e. The van der Waals surface area contributed by atoms with Crippen LogP contribution in [0.15, 0.2) is 24.4 Å². The van der Waals surface area contributed by atoms with Crippen molar-refractivity contribution in [2.24, 2.45) is 0 Å². The van der Waals surface area contributed by atoms with E-state index in [9.17, 15) is 4.79 Å². The molecule has 100 valence electrons. The van der Waals surface area contributed by atoms with E-state index in [2.05, 4.69) is 10.3 Å². The van der Waals surface area contributed by atoms with Gasteiger partial charge in [0.05, 0.1) is 17.1 Å². The normalized spacial score (nSPS) is 10.5. The zero-order valence-corrected chi connectivity index (χ0v) is 11.4. The summed E-state index contributed by atoms with van der Waals surface area (Å²) < 4.78 is 1.82. The van der Waals surface area contributed by atoms with Crippen LogP contribution in [0.3, 0.4) is 0 Å². The number of anilines is 2. The van der Waals surface area contributed by atoms with Crippen LogP contribution in [0.1, 0.15) is 28.8 Å². The molecule has 0 atom stereocenters. The molecular weight excluding hydrogens is 240 g/mol. The third-order valence-corrected chi connectivity index (χ3v) is 2.96. The number of carbonyl (C=O) groups is 1. The van der Waals surface area contributed by atoms with Gasteiger partial charge in [-0.3, -0.25) is 9.78 Å². The highest BCUT2D eigenvalue weighted by Gasteiger charge is 2.13. The Balaban J connectivity index is 2.25. The highest BCUT2D eigenvalue weighted by Crippen LogP contribution is 2.16. The summed E-state index contributed by atoms with van der Waals surface area (Å²) in [6, 6.07) is 5.41. The molecule has 19 heavy (non-hydrogen) atoms. The Morgan fingerprint density at radius 1 is 1.42 bits per heavy atom. The topological polar surface area (TPSA) is 72.9 Å². The van der Waals surface area contributed by atoms with Crippen molar-refractivity contribution in [2.75, 3.05) is 11.1 Å². The van der Waals surface area contributed by atoms with Crippen molar-refractivity contribution < 1.29 is 4.79 Å². The Bertz CT molecular complexity index is 616. The summed E-state index contributed by atoms with van der Waals surface area (Å²) in [6.07, 6.45) is 1.76. The number of hydrogen-bond donors (Lipinski definition) is 2. The number of pyridine rings is 1. The number of amides is 1. The SMILES string of the molecule is CCn1cc(N)cc1C(=O)Nc1ccc(C)nc1C. The number of nitrogens with two attached hydrogens (primary N) is 1. The van der Waals surface area contributed by atoms with Gasteiger partial charge in [0.15, 0.2) is 0 Å². The minimum atomic E-state index is -0.174. The summed E-state index contributed by atoms with van der Waals surface area (Å²) in [7, 11) is 0. The molecule has 0 saturated heterocycles. The maximum atomic E-state index is 12.2. The van der Waals surface area contributed by atoms with Crippen molar-refractivity contribution in [3.8, 4) is 0 Å². The zero-order valence-electron chi connectivity index (χ0n) is 11.4. The van der Waals surface area contributed by atoms with Gasteiger partial charge < -0.3 is 15.6 Å². The molecule has 0 bridgehead atoms. The van der Waals surface area contributed by atoms with Crippen LogP contribution in [-0.4, -0.2) is 15.5 Å². The van der Waals surface area contributed by atoms with Gasteiger partial charge in [-0.15, -0.1) is 0 Å². The highest BCUT2D eigenvalue weighted by atomic mass is 16.1. The van der Waals surface area contributed by atoms with Gasteiger partial charge in [0.1, 0.15) is 5.69 Å². The van der Waals surface area contributed by atoms with Gasteiger partial charge in [0.25, 0.3) is 5.91 Å². The van der Waals surface area contributed by atoms with Gasteiger partial charge in [-0.05, 0) is 39.0 Å². The molecule has 0 aliphatic carbocycles. The molecule has 5 nitrogen and oxygen atoms in total. The summed E-state index contributed by atoms with van der Waals surface area (Å²) in [5.41, 5.74) is 9.32. The predicted octanol–water partition coefficient (Wildman–Crippen LogP) is 2.35. The second-order valence-electron chi connectivity index (χ2n) is 4.48. The first-order chi connectivity index (χ1) is 9.01. The van der Waals surface area contributed by atoms with E-state index in [1.807, 2.05) is 37.5 Å². The second kappa shape index (κ2) is 5.14. The molecule has 2 heterocycles. The van der Waals surface area contributed by atoms with Crippen LogP contribution in [0.4, 0.5) is 11.4 Å². The van der Waals surface area contributed by atoms with Crippen LogP contribution < -0.4 is 11.1 Å². The van der Waals surface area contributed by atoms with E-state index in [-0.39, 0.29) is 5.91 Å².